The molecule has 0 saturated carbocycles. The molecule has 2 atom stereocenters. The maximum Gasteiger partial charge on any atom is 0.435 e. The topological polar surface area (TPSA) is 90.4 Å². The Labute approximate surface area is 231 Å². The Morgan fingerprint density at radius 1 is 1.15 bits per heavy atom. The molecule has 0 aliphatic carbocycles. The van der Waals surface area contributed by atoms with Crippen molar-refractivity contribution in [1.29, 1.82) is 0 Å². The third-order valence-corrected chi connectivity index (χ3v) is 8.26. The van der Waals surface area contributed by atoms with Crippen LogP contribution in [0.15, 0.2) is 65.4 Å². The molecule has 40 heavy (non-hydrogen) atoms. The fourth-order valence-corrected chi connectivity index (χ4v) is 6.12. The van der Waals surface area contributed by atoms with Crippen LogP contribution < -0.4 is 0 Å². The lowest BCUT2D eigenvalue weighted by molar-refractivity contribution is -0.143. The molecule has 0 spiro atoms. The van der Waals surface area contributed by atoms with Crippen molar-refractivity contribution in [1.82, 2.24) is 29.4 Å². The highest BCUT2D eigenvalue weighted by Crippen LogP contribution is 2.35. The first-order valence-corrected chi connectivity index (χ1v) is 13.8. The van der Waals surface area contributed by atoms with E-state index in [1.54, 1.807) is 28.5 Å². The smallest absolute Gasteiger partial charge is 0.387 e. The fraction of sp³-hybridized carbons (Fsp3) is 0.370. The van der Waals surface area contributed by atoms with E-state index in [2.05, 4.69) is 15.4 Å². The summed E-state index contributed by atoms with van der Waals surface area (Å²) in [4.78, 5) is 25.8. The zero-order chi connectivity index (χ0) is 27.9. The molecule has 13 heteroatoms. The average Bonchev–Trinajstić information content (AvgIpc) is 3.77. The summed E-state index contributed by atoms with van der Waals surface area (Å²) in [5, 5.41) is 15.1. The maximum absolute atomic E-state index is 13.7. The van der Waals surface area contributed by atoms with E-state index < -0.39 is 18.0 Å². The van der Waals surface area contributed by atoms with Crippen molar-refractivity contribution in [2.24, 2.45) is 5.16 Å². The molecule has 9 nitrogen and oxygen atoms in total. The van der Waals surface area contributed by atoms with Gasteiger partial charge in [-0.05, 0) is 37.5 Å². The highest BCUT2D eigenvalue weighted by molar-refractivity contribution is 7.10. The van der Waals surface area contributed by atoms with Crippen LogP contribution in [-0.2, 0) is 15.8 Å². The van der Waals surface area contributed by atoms with Gasteiger partial charge in [0.1, 0.15) is 5.71 Å². The number of thiazole rings is 1. The number of carbonyl (C=O) groups is 1. The van der Waals surface area contributed by atoms with E-state index in [0.717, 1.165) is 32.7 Å². The van der Waals surface area contributed by atoms with Crippen molar-refractivity contribution >= 4 is 23.0 Å². The van der Waals surface area contributed by atoms with Gasteiger partial charge in [-0.3, -0.25) is 4.79 Å². The lowest BCUT2D eigenvalue weighted by Gasteiger charge is -2.33. The molecule has 0 radical (unpaired) electrons. The number of carbonyl (C=O) groups excluding carboxylic acids is 1. The van der Waals surface area contributed by atoms with Crippen molar-refractivity contribution in [3.8, 4) is 0 Å². The third-order valence-electron chi connectivity index (χ3n) is 7.25. The number of alkyl halides is 3. The molecule has 1 aromatic carbocycles. The van der Waals surface area contributed by atoms with Crippen LogP contribution >= 0.6 is 11.3 Å². The van der Waals surface area contributed by atoms with Gasteiger partial charge in [0.25, 0.3) is 5.91 Å². The number of aryl methyl sites for hydroxylation is 1. The number of hydrogen-bond donors (Lipinski definition) is 0. The number of rotatable bonds is 6. The van der Waals surface area contributed by atoms with Gasteiger partial charge in [-0.2, -0.15) is 23.4 Å². The summed E-state index contributed by atoms with van der Waals surface area (Å²) in [5.41, 5.74) is 1.88. The number of amides is 1. The lowest BCUT2D eigenvalue weighted by Crippen LogP contribution is -2.44. The van der Waals surface area contributed by atoms with E-state index in [1.165, 1.54) is 17.8 Å². The van der Waals surface area contributed by atoms with Crippen molar-refractivity contribution in [3.63, 3.8) is 0 Å². The van der Waals surface area contributed by atoms with Crippen LogP contribution in [0.25, 0.3) is 0 Å². The van der Waals surface area contributed by atoms with Gasteiger partial charge < -0.3 is 9.74 Å². The number of likely N-dealkylation sites (tertiary alicyclic amines) is 1. The van der Waals surface area contributed by atoms with Crippen molar-refractivity contribution in [2.45, 2.75) is 50.6 Å². The van der Waals surface area contributed by atoms with Crippen molar-refractivity contribution in [3.05, 3.63) is 87.9 Å². The van der Waals surface area contributed by atoms with Gasteiger partial charge in [-0.1, -0.05) is 35.5 Å². The van der Waals surface area contributed by atoms with E-state index >= 15 is 0 Å². The second-order valence-electron chi connectivity index (χ2n) is 9.89. The minimum Gasteiger partial charge on any atom is -0.387 e. The summed E-state index contributed by atoms with van der Waals surface area (Å²) in [5.74, 6) is -0.187. The average molecular weight is 570 g/mol. The Balaban J connectivity index is 1.12. The van der Waals surface area contributed by atoms with Crippen LogP contribution in [0.4, 0.5) is 13.2 Å². The van der Waals surface area contributed by atoms with Crippen LogP contribution in [0, 0.1) is 6.92 Å². The Morgan fingerprint density at radius 2 is 1.93 bits per heavy atom. The minimum atomic E-state index is -4.61. The molecule has 6 rings (SSSR count). The molecule has 2 aliphatic rings. The highest BCUT2D eigenvalue weighted by Gasteiger charge is 2.38. The fourth-order valence-electron chi connectivity index (χ4n) is 5.12. The van der Waals surface area contributed by atoms with Gasteiger partial charge in [0.05, 0.1) is 10.7 Å². The van der Waals surface area contributed by atoms with Crippen molar-refractivity contribution in [2.75, 3.05) is 13.1 Å². The molecule has 2 aliphatic heterocycles. The quantitative estimate of drug-likeness (QED) is 0.319. The Bertz CT molecular complexity index is 1510. The van der Waals surface area contributed by atoms with E-state index in [-0.39, 0.29) is 23.6 Å². The van der Waals surface area contributed by atoms with E-state index in [4.69, 9.17) is 9.82 Å². The minimum absolute atomic E-state index is 0.121. The van der Waals surface area contributed by atoms with Crippen LogP contribution in [0.2, 0.25) is 0 Å². The molecule has 1 fully saturated rings. The number of piperidine rings is 1. The monoisotopic (exact) mass is 569 g/mol. The Hall–Kier alpha value is -4.00. The molecule has 5 heterocycles. The first-order valence-electron chi connectivity index (χ1n) is 12.9. The second kappa shape index (κ2) is 10.5. The number of oxime groups is 1. The molecule has 0 N–H and O–H groups in total. The van der Waals surface area contributed by atoms with E-state index in [1.807, 2.05) is 35.7 Å². The summed E-state index contributed by atoms with van der Waals surface area (Å²) in [7, 11) is 0. The predicted molar refractivity (Wildman–Crippen MR) is 141 cm³/mol. The first-order chi connectivity index (χ1) is 19.3. The van der Waals surface area contributed by atoms with Crippen molar-refractivity contribution < 1.29 is 22.8 Å². The summed E-state index contributed by atoms with van der Waals surface area (Å²) in [6.45, 7) is 2.39. The van der Waals surface area contributed by atoms with Crippen LogP contribution in [-0.4, -0.2) is 54.2 Å². The first kappa shape index (κ1) is 26.2. The number of nitrogens with zero attached hydrogens (tertiary/aromatic N) is 7. The van der Waals surface area contributed by atoms with Gasteiger partial charge in [0.15, 0.2) is 11.8 Å². The number of aromatic nitrogens is 5. The zero-order valence-electron chi connectivity index (χ0n) is 21.5. The summed E-state index contributed by atoms with van der Waals surface area (Å²) >= 11 is 1.57. The van der Waals surface area contributed by atoms with Gasteiger partial charge >= 0.3 is 6.18 Å². The lowest BCUT2D eigenvalue weighted by atomic mass is 9.97. The molecule has 208 valence electrons. The number of hydrogen-bond acceptors (Lipinski definition) is 7. The molecule has 4 aromatic rings. The predicted octanol–water partition coefficient (Wildman–Crippen LogP) is 5.18. The molecular weight excluding hydrogens is 543 g/mol. The second-order valence-corrected chi connectivity index (χ2v) is 10.8. The SMILES string of the molecule is Cc1cc(C(F)(F)F)nn1C(C(=O)N1CCC(c2nc(C3=NOC(c4ccccc4)C3)cs2)CC1)n1cccn1. The third kappa shape index (κ3) is 5.12. The van der Waals surface area contributed by atoms with Crippen LogP contribution in [0.3, 0.4) is 0 Å². The Kier molecular flexibility index (Phi) is 6.90. The maximum atomic E-state index is 13.7. The largest absolute Gasteiger partial charge is 0.435 e. The van der Waals surface area contributed by atoms with Gasteiger partial charge in [0.2, 0.25) is 6.17 Å². The molecule has 0 bridgehead atoms. The standard InChI is InChI=1S/C27H26F3N7O2S/c1-17-14-23(27(28,29)30)33-37(17)25(36-11-5-10-31-36)26(38)35-12-8-19(9-13-35)24-32-21(16-40-24)20-15-22(39-34-20)18-6-3-2-4-7-18/h2-7,10-11,14,16,19,22,25H,8-9,12-13,15H2,1H3. The number of halogens is 3. The molecule has 1 saturated heterocycles. The van der Waals surface area contributed by atoms with E-state index in [0.29, 0.717) is 32.4 Å². The Morgan fingerprint density at radius 3 is 2.60 bits per heavy atom. The van der Waals surface area contributed by atoms with E-state index in [9.17, 15) is 18.0 Å². The zero-order valence-corrected chi connectivity index (χ0v) is 22.3. The van der Waals surface area contributed by atoms with Crippen LogP contribution in [0.1, 0.15) is 65.1 Å². The normalized spacial score (nSPS) is 18.9. The summed E-state index contributed by atoms with van der Waals surface area (Å²) in [6.07, 6.45) is -0.820. The summed E-state index contributed by atoms with van der Waals surface area (Å²) < 4.78 is 42.4. The number of benzene rings is 1. The molecule has 1 amide bonds. The highest BCUT2D eigenvalue weighted by atomic mass is 32.1. The van der Waals surface area contributed by atoms with Crippen LogP contribution in [0.5, 0.6) is 0 Å². The van der Waals surface area contributed by atoms with Gasteiger partial charge in [-0.25, -0.2) is 14.3 Å². The van der Waals surface area contributed by atoms with Gasteiger partial charge in [0, 0.05) is 48.9 Å². The van der Waals surface area contributed by atoms with Gasteiger partial charge in [-0.15, -0.1) is 11.3 Å². The molecular formula is C27H26F3N7O2S. The molecule has 2 unspecified atom stereocenters. The molecule has 3 aromatic heterocycles. The summed E-state index contributed by atoms with van der Waals surface area (Å²) in [6, 6.07) is 12.5.